The first-order valence-electron chi connectivity index (χ1n) is 13.4. The molecule has 12 heteroatoms. The molecule has 0 aliphatic heterocycles. The van der Waals surface area contributed by atoms with E-state index in [1.54, 1.807) is 65.9 Å². The van der Waals surface area contributed by atoms with E-state index >= 15 is 0 Å². The van der Waals surface area contributed by atoms with Gasteiger partial charge in [0.25, 0.3) is 10.0 Å². The van der Waals surface area contributed by atoms with Gasteiger partial charge in [-0.15, -0.1) is 11.3 Å². The minimum Gasteiger partial charge on any atom is -0.371 e. The number of thiazole rings is 1. The summed E-state index contributed by atoms with van der Waals surface area (Å²) >= 11 is 1.31. The fraction of sp³-hybridized carbons (Fsp3) is 0.300. The van der Waals surface area contributed by atoms with Crippen molar-refractivity contribution in [2.24, 2.45) is 0 Å². The maximum Gasteiger partial charge on any atom is 0.268 e. The molecule has 0 spiro atoms. The first-order valence-corrected chi connectivity index (χ1v) is 19.5. The van der Waals surface area contributed by atoms with Crippen molar-refractivity contribution < 1.29 is 18.3 Å². The summed E-state index contributed by atoms with van der Waals surface area (Å²) in [6.45, 7) is 11.4. The van der Waals surface area contributed by atoms with E-state index in [9.17, 15) is 13.5 Å². The van der Waals surface area contributed by atoms with Crippen LogP contribution in [-0.2, 0) is 27.1 Å². The summed E-state index contributed by atoms with van der Waals surface area (Å²) in [7, 11) is -5.14. The fourth-order valence-electron chi connectivity index (χ4n) is 4.23. The lowest BCUT2D eigenvalue weighted by Crippen LogP contribution is -2.22. The molecule has 0 aliphatic rings. The van der Waals surface area contributed by atoms with Crippen LogP contribution >= 0.6 is 11.3 Å². The highest BCUT2D eigenvalue weighted by molar-refractivity contribution is 7.90. The van der Waals surface area contributed by atoms with Gasteiger partial charge in [-0.05, 0) is 44.0 Å². The van der Waals surface area contributed by atoms with Gasteiger partial charge in [0, 0.05) is 55.2 Å². The van der Waals surface area contributed by atoms with Crippen molar-refractivity contribution >= 4 is 40.3 Å². The molecule has 1 atom stereocenters. The fourth-order valence-corrected chi connectivity index (χ4v) is 6.99. The molecular formula is C30H33N5O4S2Si. The SMILES string of the molecule is Cc1ccc(S(=O)(=O)n2cc(-c3cnn(COCC[Si](C)(C)C)c3)c3cc(C#CC(C)(O)c4nccs4)ncc32)cc1. The third-order valence-corrected chi connectivity index (χ3v) is 11.1. The molecule has 9 nitrogen and oxygen atoms in total. The van der Waals surface area contributed by atoms with Crippen molar-refractivity contribution in [2.45, 2.75) is 56.8 Å². The molecule has 1 aromatic carbocycles. The predicted octanol–water partition coefficient (Wildman–Crippen LogP) is 5.47. The maximum absolute atomic E-state index is 13.8. The highest BCUT2D eigenvalue weighted by atomic mass is 32.2. The Labute approximate surface area is 250 Å². The van der Waals surface area contributed by atoms with Crippen LogP contribution in [0, 0.1) is 18.8 Å². The van der Waals surface area contributed by atoms with Crippen LogP contribution in [0.4, 0.5) is 0 Å². The molecule has 4 heterocycles. The van der Waals surface area contributed by atoms with Crippen LogP contribution in [0.2, 0.25) is 25.7 Å². The lowest BCUT2D eigenvalue weighted by Gasteiger charge is -2.15. The molecule has 5 aromatic rings. The number of hydrogen-bond acceptors (Lipinski definition) is 8. The molecule has 5 rings (SSSR count). The molecule has 0 bridgehead atoms. The van der Waals surface area contributed by atoms with E-state index in [0.717, 1.165) is 17.2 Å². The Hall–Kier alpha value is -3.60. The van der Waals surface area contributed by atoms with Gasteiger partial charge in [-0.3, -0.25) is 0 Å². The summed E-state index contributed by atoms with van der Waals surface area (Å²) in [6.07, 6.45) is 8.24. The molecule has 218 valence electrons. The van der Waals surface area contributed by atoms with Gasteiger partial charge in [0.05, 0.1) is 22.8 Å². The summed E-state index contributed by atoms with van der Waals surface area (Å²) < 4.78 is 36.3. The normalized spacial score (nSPS) is 13.6. The van der Waals surface area contributed by atoms with Crippen molar-refractivity contribution in [3.63, 3.8) is 0 Å². The molecule has 0 amide bonds. The highest BCUT2D eigenvalue weighted by Crippen LogP contribution is 2.33. The second kappa shape index (κ2) is 11.6. The number of benzene rings is 1. The van der Waals surface area contributed by atoms with Crippen molar-refractivity contribution in [3.05, 3.63) is 83.0 Å². The van der Waals surface area contributed by atoms with Gasteiger partial charge in [-0.2, -0.15) is 5.10 Å². The summed E-state index contributed by atoms with van der Waals surface area (Å²) in [6, 6.07) is 9.52. The summed E-state index contributed by atoms with van der Waals surface area (Å²) in [4.78, 5) is 8.77. The largest absolute Gasteiger partial charge is 0.371 e. The van der Waals surface area contributed by atoms with Crippen LogP contribution < -0.4 is 0 Å². The molecule has 0 saturated carbocycles. The molecule has 0 fully saturated rings. The van der Waals surface area contributed by atoms with Gasteiger partial charge in [-0.1, -0.05) is 43.3 Å². The number of pyridine rings is 1. The molecule has 0 saturated heterocycles. The Morgan fingerprint density at radius 1 is 1.12 bits per heavy atom. The topological polar surface area (TPSA) is 112 Å². The van der Waals surface area contributed by atoms with E-state index < -0.39 is 23.7 Å². The van der Waals surface area contributed by atoms with Crippen LogP contribution in [-0.4, -0.2) is 51.9 Å². The Bertz CT molecular complexity index is 1880. The van der Waals surface area contributed by atoms with Crippen LogP contribution in [0.3, 0.4) is 0 Å². The number of ether oxygens (including phenoxy) is 1. The average molecular weight is 620 g/mol. The van der Waals surface area contributed by atoms with E-state index in [1.807, 2.05) is 13.1 Å². The predicted molar refractivity (Wildman–Crippen MR) is 167 cm³/mol. The second-order valence-corrected chi connectivity index (χ2v) is 19.9. The summed E-state index contributed by atoms with van der Waals surface area (Å²) in [5, 5.41) is 18.2. The van der Waals surface area contributed by atoms with Crippen molar-refractivity contribution in [1.82, 2.24) is 23.7 Å². The minimum absolute atomic E-state index is 0.173. The third-order valence-electron chi connectivity index (χ3n) is 6.68. The van der Waals surface area contributed by atoms with Crippen LogP contribution in [0.5, 0.6) is 0 Å². The molecule has 4 aromatic heterocycles. The number of hydrogen-bond donors (Lipinski definition) is 1. The summed E-state index contributed by atoms with van der Waals surface area (Å²) in [5.74, 6) is 5.79. The Kier molecular flexibility index (Phi) is 8.24. The lowest BCUT2D eigenvalue weighted by atomic mass is 10.1. The van der Waals surface area contributed by atoms with E-state index in [-0.39, 0.29) is 4.90 Å². The van der Waals surface area contributed by atoms with E-state index in [4.69, 9.17) is 4.74 Å². The zero-order valence-electron chi connectivity index (χ0n) is 24.2. The standard InChI is InChI=1S/C30H33N5O4S2Si/c1-22-6-8-25(9-7-22)41(37,38)35-20-27(23-17-33-34(19-23)21-39-13-15-42(3,4)5)26-16-24(32-18-28(26)35)10-11-30(2,36)29-31-12-14-40-29/h6-9,12,14,16-20,36H,13,15,21H2,1-5H3. The number of aryl methyl sites for hydroxylation is 1. The Balaban J connectivity index is 1.55. The molecule has 1 unspecified atom stereocenters. The van der Waals surface area contributed by atoms with Crippen LogP contribution in [0.25, 0.3) is 22.0 Å². The zero-order chi connectivity index (χ0) is 30.1. The number of aliphatic hydroxyl groups is 1. The second-order valence-electron chi connectivity index (χ2n) is 11.5. The van der Waals surface area contributed by atoms with Crippen molar-refractivity contribution in [2.75, 3.05) is 6.61 Å². The third kappa shape index (κ3) is 6.56. The Morgan fingerprint density at radius 2 is 1.88 bits per heavy atom. The van der Waals surface area contributed by atoms with Gasteiger partial charge in [0.2, 0.25) is 0 Å². The van der Waals surface area contributed by atoms with E-state index in [0.29, 0.717) is 40.5 Å². The average Bonchev–Trinajstić information content (AvgIpc) is 3.70. The molecule has 1 N–H and O–H groups in total. The monoisotopic (exact) mass is 619 g/mol. The molecule has 0 radical (unpaired) electrons. The minimum atomic E-state index is -3.93. The highest BCUT2D eigenvalue weighted by Gasteiger charge is 2.25. The quantitative estimate of drug-likeness (QED) is 0.132. The molecule has 0 aliphatic carbocycles. The number of nitrogens with zero attached hydrogens (tertiary/aromatic N) is 5. The van der Waals surface area contributed by atoms with Gasteiger partial charge < -0.3 is 9.84 Å². The smallest absolute Gasteiger partial charge is 0.268 e. The van der Waals surface area contributed by atoms with Crippen LogP contribution in [0.1, 0.15) is 23.2 Å². The Morgan fingerprint density at radius 3 is 2.57 bits per heavy atom. The van der Waals surface area contributed by atoms with E-state index in [1.165, 1.54) is 21.5 Å². The van der Waals surface area contributed by atoms with Crippen molar-refractivity contribution in [1.29, 1.82) is 0 Å². The summed E-state index contributed by atoms with van der Waals surface area (Å²) in [5.41, 5.74) is 1.68. The first kappa shape index (κ1) is 29.9. The number of rotatable bonds is 9. The number of aromatic nitrogens is 5. The van der Waals surface area contributed by atoms with E-state index in [2.05, 4.69) is 46.5 Å². The van der Waals surface area contributed by atoms with Gasteiger partial charge >= 0.3 is 0 Å². The number of fused-ring (bicyclic) bond motifs is 1. The first-order chi connectivity index (χ1) is 19.8. The lowest BCUT2D eigenvalue weighted by molar-refractivity contribution is 0.0786. The van der Waals surface area contributed by atoms with Crippen LogP contribution in [0.15, 0.2) is 71.6 Å². The molecule has 42 heavy (non-hydrogen) atoms. The maximum atomic E-state index is 13.8. The van der Waals surface area contributed by atoms with Gasteiger partial charge in [0.15, 0.2) is 5.60 Å². The van der Waals surface area contributed by atoms with Crippen molar-refractivity contribution in [3.8, 4) is 23.0 Å². The van der Waals surface area contributed by atoms with Gasteiger partial charge in [0.1, 0.15) is 17.4 Å². The van der Waals surface area contributed by atoms with Gasteiger partial charge in [-0.25, -0.2) is 27.0 Å². The zero-order valence-corrected chi connectivity index (χ0v) is 26.8. The molecular weight excluding hydrogens is 587 g/mol.